The van der Waals surface area contributed by atoms with Crippen LogP contribution < -0.4 is 10.1 Å². The second-order valence-corrected chi connectivity index (χ2v) is 5.72. The Balaban J connectivity index is 2.56. The lowest BCUT2D eigenvalue weighted by Crippen LogP contribution is -2.19. The minimum absolute atomic E-state index is 0.646. The van der Waals surface area contributed by atoms with Gasteiger partial charge < -0.3 is 10.1 Å². The van der Waals surface area contributed by atoms with Crippen LogP contribution in [0.5, 0.6) is 5.75 Å². The van der Waals surface area contributed by atoms with Crippen LogP contribution in [0.2, 0.25) is 5.02 Å². The van der Waals surface area contributed by atoms with E-state index in [0.717, 1.165) is 37.4 Å². The molecule has 0 spiro atoms. The number of nitrogens with one attached hydrogen (secondary N) is 1. The van der Waals surface area contributed by atoms with Gasteiger partial charge in [-0.25, -0.2) is 0 Å². The number of ether oxygens (including phenoxy) is 1. The third-order valence-corrected chi connectivity index (χ3v) is 3.21. The number of benzene rings is 1. The molecule has 0 saturated carbocycles. The Morgan fingerprint density at radius 1 is 1.26 bits per heavy atom. The molecule has 1 aromatic carbocycles. The summed E-state index contributed by atoms with van der Waals surface area (Å²) >= 11 is 6.23. The van der Waals surface area contributed by atoms with Crippen molar-refractivity contribution in [3.8, 4) is 5.75 Å². The number of unbranched alkanes of at least 4 members (excludes halogenated alkanes) is 2. The Morgan fingerprint density at radius 3 is 2.74 bits per heavy atom. The summed E-state index contributed by atoms with van der Waals surface area (Å²) in [6.45, 7) is 9.15. The third-order valence-electron chi connectivity index (χ3n) is 2.91. The number of hydrogen-bond acceptors (Lipinski definition) is 2. The van der Waals surface area contributed by atoms with Crippen molar-refractivity contribution < 1.29 is 4.74 Å². The maximum absolute atomic E-state index is 6.23. The van der Waals surface area contributed by atoms with Crippen molar-refractivity contribution in [1.82, 2.24) is 5.32 Å². The monoisotopic (exact) mass is 283 g/mol. The minimum atomic E-state index is 0.646. The second-order valence-electron chi connectivity index (χ2n) is 5.31. The zero-order valence-corrected chi connectivity index (χ0v) is 13.1. The molecular weight excluding hydrogens is 258 g/mol. The fourth-order valence-corrected chi connectivity index (χ4v) is 2.12. The first-order chi connectivity index (χ1) is 9.15. The Morgan fingerprint density at radius 2 is 2.05 bits per heavy atom. The standard InChI is InChI=1S/C16H26ClNO/c1-4-5-6-10-19-16-14(8-7-9-15(16)17)12-18-11-13(2)3/h7-9,13,18H,4-6,10-12H2,1-3H3. The Bertz CT molecular complexity index is 366. The van der Waals surface area contributed by atoms with Crippen molar-refractivity contribution >= 4 is 11.6 Å². The van der Waals surface area contributed by atoms with Gasteiger partial charge >= 0.3 is 0 Å². The van der Waals surface area contributed by atoms with Gasteiger partial charge in [0.15, 0.2) is 0 Å². The highest BCUT2D eigenvalue weighted by atomic mass is 35.5. The van der Waals surface area contributed by atoms with E-state index in [1.807, 2.05) is 12.1 Å². The maximum atomic E-state index is 6.23. The van der Waals surface area contributed by atoms with E-state index in [-0.39, 0.29) is 0 Å². The SMILES string of the molecule is CCCCCOc1c(Cl)cccc1CNCC(C)C. The summed E-state index contributed by atoms with van der Waals surface area (Å²) in [4.78, 5) is 0. The van der Waals surface area contributed by atoms with Gasteiger partial charge in [0.2, 0.25) is 0 Å². The molecule has 0 bridgehead atoms. The van der Waals surface area contributed by atoms with E-state index < -0.39 is 0 Å². The second kappa shape index (κ2) is 9.22. The summed E-state index contributed by atoms with van der Waals surface area (Å²) in [6.07, 6.45) is 3.49. The minimum Gasteiger partial charge on any atom is -0.492 e. The molecule has 0 aromatic heterocycles. The maximum Gasteiger partial charge on any atom is 0.142 e. The molecule has 1 aromatic rings. The Hall–Kier alpha value is -0.730. The van der Waals surface area contributed by atoms with Gasteiger partial charge in [-0.3, -0.25) is 0 Å². The van der Waals surface area contributed by atoms with Crippen LogP contribution in [-0.4, -0.2) is 13.2 Å². The molecule has 0 heterocycles. The molecule has 2 nitrogen and oxygen atoms in total. The quantitative estimate of drug-likeness (QED) is 0.666. The summed E-state index contributed by atoms with van der Waals surface area (Å²) < 4.78 is 5.86. The summed E-state index contributed by atoms with van der Waals surface area (Å²) in [5.41, 5.74) is 1.14. The summed E-state index contributed by atoms with van der Waals surface area (Å²) in [6, 6.07) is 5.95. The summed E-state index contributed by atoms with van der Waals surface area (Å²) in [5.74, 6) is 1.49. The van der Waals surface area contributed by atoms with Crippen molar-refractivity contribution in [3.05, 3.63) is 28.8 Å². The molecule has 1 N–H and O–H groups in total. The zero-order chi connectivity index (χ0) is 14.1. The van der Waals surface area contributed by atoms with Crippen LogP contribution in [-0.2, 0) is 6.54 Å². The van der Waals surface area contributed by atoms with E-state index in [9.17, 15) is 0 Å². The highest BCUT2D eigenvalue weighted by Crippen LogP contribution is 2.28. The average molecular weight is 284 g/mol. The Kier molecular flexibility index (Phi) is 7.92. The van der Waals surface area contributed by atoms with Gasteiger partial charge in [-0.1, -0.05) is 57.3 Å². The van der Waals surface area contributed by atoms with E-state index in [1.54, 1.807) is 0 Å². The Labute approximate surface area is 122 Å². The lowest BCUT2D eigenvalue weighted by molar-refractivity contribution is 0.302. The molecule has 0 aliphatic rings. The zero-order valence-electron chi connectivity index (χ0n) is 12.3. The lowest BCUT2D eigenvalue weighted by atomic mass is 10.1. The van der Waals surface area contributed by atoms with Crippen molar-refractivity contribution in [3.63, 3.8) is 0 Å². The molecule has 108 valence electrons. The number of halogens is 1. The molecule has 3 heteroatoms. The predicted octanol–water partition coefficient (Wildman–Crippen LogP) is 4.65. The number of para-hydroxylation sites is 1. The van der Waals surface area contributed by atoms with Crippen LogP contribution >= 0.6 is 11.6 Å². The molecule has 0 atom stereocenters. The van der Waals surface area contributed by atoms with Gasteiger partial charge in [-0.05, 0) is 24.9 Å². The van der Waals surface area contributed by atoms with Crippen molar-refractivity contribution in [2.75, 3.05) is 13.2 Å². The van der Waals surface area contributed by atoms with Crippen LogP contribution in [0.25, 0.3) is 0 Å². The topological polar surface area (TPSA) is 21.3 Å². The normalized spacial score (nSPS) is 11.0. The first-order valence-electron chi connectivity index (χ1n) is 7.26. The highest BCUT2D eigenvalue weighted by molar-refractivity contribution is 6.32. The average Bonchev–Trinajstić information content (AvgIpc) is 2.36. The molecule has 1 rings (SSSR count). The predicted molar refractivity (Wildman–Crippen MR) is 83.0 cm³/mol. The van der Waals surface area contributed by atoms with E-state index in [4.69, 9.17) is 16.3 Å². The molecule has 0 aliphatic carbocycles. The van der Waals surface area contributed by atoms with Crippen LogP contribution in [0.15, 0.2) is 18.2 Å². The van der Waals surface area contributed by atoms with Gasteiger partial charge in [0.1, 0.15) is 5.75 Å². The fourth-order valence-electron chi connectivity index (χ4n) is 1.88. The van der Waals surface area contributed by atoms with E-state index >= 15 is 0 Å². The number of rotatable bonds is 9. The van der Waals surface area contributed by atoms with Gasteiger partial charge in [-0.15, -0.1) is 0 Å². The summed E-state index contributed by atoms with van der Waals surface area (Å²) in [7, 11) is 0. The molecule has 0 amide bonds. The van der Waals surface area contributed by atoms with E-state index in [0.29, 0.717) is 10.9 Å². The van der Waals surface area contributed by atoms with Crippen LogP contribution in [0.4, 0.5) is 0 Å². The smallest absolute Gasteiger partial charge is 0.142 e. The van der Waals surface area contributed by atoms with Crippen LogP contribution in [0, 0.1) is 5.92 Å². The van der Waals surface area contributed by atoms with Gasteiger partial charge in [-0.2, -0.15) is 0 Å². The largest absolute Gasteiger partial charge is 0.492 e. The molecule has 0 unspecified atom stereocenters. The van der Waals surface area contributed by atoms with Crippen molar-refractivity contribution in [2.24, 2.45) is 5.92 Å². The van der Waals surface area contributed by atoms with Crippen LogP contribution in [0.1, 0.15) is 45.6 Å². The first kappa shape index (κ1) is 16.3. The highest BCUT2D eigenvalue weighted by Gasteiger charge is 2.08. The summed E-state index contributed by atoms with van der Waals surface area (Å²) in [5, 5.41) is 4.14. The van der Waals surface area contributed by atoms with Crippen molar-refractivity contribution in [1.29, 1.82) is 0 Å². The van der Waals surface area contributed by atoms with E-state index in [2.05, 4.69) is 32.2 Å². The third kappa shape index (κ3) is 6.31. The molecule has 19 heavy (non-hydrogen) atoms. The van der Waals surface area contributed by atoms with Crippen molar-refractivity contribution in [2.45, 2.75) is 46.6 Å². The molecule has 0 aliphatic heterocycles. The van der Waals surface area contributed by atoms with E-state index in [1.165, 1.54) is 12.8 Å². The van der Waals surface area contributed by atoms with Gasteiger partial charge in [0, 0.05) is 12.1 Å². The molecule has 0 radical (unpaired) electrons. The molecular formula is C16H26ClNO. The first-order valence-corrected chi connectivity index (χ1v) is 7.63. The van der Waals surface area contributed by atoms with Crippen LogP contribution in [0.3, 0.4) is 0 Å². The lowest BCUT2D eigenvalue weighted by Gasteiger charge is -2.14. The molecule has 0 saturated heterocycles. The fraction of sp³-hybridized carbons (Fsp3) is 0.625. The van der Waals surface area contributed by atoms with Gasteiger partial charge in [0.25, 0.3) is 0 Å². The van der Waals surface area contributed by atoms with Gasteiger partial charge in [0.05, 0.1) is 11.6 Å². The molecule has 0 fully saturated rings. The number of hydrogen-bond donors (Lipinski definition) is 1.